The Bertz CT molecular complexity index is 428. The summed E-state index contributed by atoms with van der Waals surface area (Å²) in [6.07, 6.45) is 0. The fraction of sp³-hybridized carbons (Fsp3) is 0.667. The summed E-state index contributed by atoms with van der Waals surface area (Å²) >= 11 is -3.91. The molecule has 0 bridgehead atoms. The first kappa shape index (κ1) is 14.4. The molecule has 0 spiro atoms. The summed E-state index contributed by atoms with van der Waals surface area (Å²) in [4.78, 5) is 22.9. The van der Waals surface area contributed by atoms with Crippen molar-refractivity contribution in [1.29, 1.82) is 0 Å². The molecule has 96 valence electrons. The summed E-state index contributed by atoms with van der Waals surface area (Å²) in [5.74, 6) is 0. The average molecular weight is 408 g/mol. The Balaban J connectivity index is 3.53. The Kier molecular flexibility index (Phi) is 3.87. The summed E-state index contributed by atoms with van der Waals surface area (Å²) in [6, 6.07) is 0. The molecular formula is C12H20N2O2W. The second-order valence-corrected chi connectivity index (χ2v) is 14.3. The number of allylic oxidation sites excluding steroid dienone is 4. The van der Waals surface area contributed by atoms with Gasteiger partial charge in [0.2, 0.25) is 0 Å². The molecule has 0 saturated heterocycles. The van der Waals surface area contributed by atoms with E-state index in [4.69, 9.17) is 0 Å². The van der Waals surface area contributed by atoms with E-state index in [-0.39, 0.29) is 5.41 Å². The number of hydrogen-bond donors (Lipinski definition) is 0. The van der Waals surface area contributed by atoms with E-state index >= 15 is 0 Å². The van der Waals surface area contributed by atoms with Crippen molar-refractivity contribution in [2.45, 2.75) is 46.4 Å². The predicted octanol–water partition coefficient (Wildman–Crippen LogP) is 4.59. The molecule has 0 aromatic rings. The van der Waals surface area contributed by atoms with Gasteiger partial charge in [0.1, 0.15) is 0 Å². The van der Waals surface area contributed by atoms with Crippen LogP contribution in [0.1, 0.15) is 41.5 Å². The summed E-state index contributed by atoms with van der Waals surface area (Å²) in [5.41, 5.74) is 3.25. The molecule has 1 rings (SSSR count). The standard InChI is InChI=1S/C10H15.C2H5.2NO.W/c1-7-6-10(4,5)9(3)8(7)2;3*1-2;/h1-5H3;1H2,2H3;;;/q;;2*-1;+2. The van der Waals surface area contributed by atoms with Gasteiger partial charge in [0.15, 0.2) is 0 Å². The van der Waals surface area contributed by atoms with E-state index in [1.54, 1.807) is 0 Å². The van der Waals surface area contributed by atoms with Crippen LogP contribution < -0.4 is 0 Å². The van der Waals surface area contributed by atoms with Crippen LogP contribution in [0.5, 0.6) is 0 Å². The molecule has 0 amide bonds. The van der Waals surface area contributed by atoms with Gasteiger partial charge in [-0.25, -0.2) is 0 Å². The molecule has 0 aromatic carbocycles. The summed E-state index contributed by atoms with van der Waals surface area (Å²) in [6.45, 7) is 12.1. The molecule has 1 aliphatic carbocycles. The van der Waals surface area contributed by atoms with Crippen molar-refractivity contribution in [2.24, 2.45) is 12.9 Å². The van der Waals surface area contributed by atoms with Crippen LogP contribution in [0, 0.1) is 15.2 Å². The minimum absolute atomic E-state index is 0.235. The van der Waals surface area contributed by atoms with Crippen LogP contribution in [0.25, 0.3) is 0 Å². The average Bonchev–Trinajstić information content (AvgIpc) is 2.46. The molecule has 0 radical (unpaired) electrons. The third kappa shape index (κ3) is 1.87. The quantitative estimate of drug-likeness (QED) is 0.639. The molecule has 0 heterocycles. The van der Waals surface area contributed by atoms with E-state index in [1.165, 1.54) is 11.1 Å². The van der Waals surface area contributed by atoms with Crippen LogP contribution in [-0.4, -0.2) is 0 Å². The van der Waals surface area contributed by atoms with E-state index < -0.39 is 16.6 Å². The molecule has 0 atom stereocenters. The first-order valence-electron chi connectivity index (χ1n) is 5.68. The van der Waals surface area contributed by atoms with Crippen molar-refractivity contribution in [3.8, 4) is 0 Å². The Morgan fingerprint density at radius 2 is 1.53 bits per heavy atom. The van der Waals surface area contributed by atoms with Gasteiger partial charge in [0.25, 0.3) is 0 Å². The summed E-state index contributed by atoms with van der Waals surface area (Å²) in [5, 5.41) is 0. The van der Waals surface area contributed by atoms with Crippen LogP contribution in [0.3, 0.4) is 0 Å². The van der Waals surface area contributed by atoms with Crippen molar-refractivity contribution in [3.05, 3.63) is 30.5 Å². The molecular weight excluding hydrogens is 388 g/mol. The third-order valence-electron chi connectivity index (χ3n) is 3.95. The molecule has 0 aromatic heterocycles. The topological polar surface area (TPSA) is 58.9 Å². The first-order chi connectivity index (χ1) is 7.78. The summed E-state index contributed by atoms with van der Waals surface area (Å²) < 4.78 is 7.46. The van der Waals surface area contributed by atoms with Gasteiger partial charge in [-0.3, -0.25) is 0 Å². The SMILES string of the molecule is C[CH2][W]([N]=O)([N]=O)[C]1=C(C)C(C)=C(C)C1(C)C. The van der Waals surface area contributed by atoms with Crippen molar-refractivity contribution in [1.82, 2.24) is 0 Å². The molecule has 17 heavy (non-hydrogen) atoms. The van der Waals surface area contributed by atoms with Crippen molar-refractivity contribution in [2.75, 3.05) is 0 Å². The monoisotopic (exact) mass is 408 g/mol. The second-order valence-electron chi connectivity index (χ2n) is 4.93. The molecule has 1 aliphatic rings. The molecule has 0 N–H and O–H groups in total. The summed E-state index contributed by atoms with van der Waals surface area (Å²) in [7, 11) is 0. The zero-order valence-electron chi connectivity index (χ0n) is 11.3. The van der Waals surface area contributed by atoms with Gasteiger partial charge in [-0.2, -0.15) is 0 Å². The van der Waals surface area contributed by atoms with Gasteiger partial charge >= 0.3 is 106 Å². The fourth-order valence-corrected chi connectivity index (χ4v) is 10.8. The molecule has 4 nitrogen and oxygen atoms in total. The van der Waals surface area contributed by atoms with Gasteiger partial charge < -0.3 is 0 Å². The van der Waals surface area contributed by atoms with Crippen LogP contribution >= 0.6 is 0 Å². The van der Waals surface area contributed by atoms with E-state index in [9.17, 15) is 9.81 Å². The predicted molar refractivity (Wildman–Crippen MR) is 66.9 cm³/mol. The van der Waals surface area contributed by atoms with Crippen LogP contribution in [0.4, 0.5) is 0 Å². The van der Waals surface area contributed by atoms with Crippen LogP contribution in [0.15, 0.2) is 28.2 Å². The molecule has 5 heteroatoms. The van der Waals surface area contributed by atoms with E-state index in [2.05, 4.69) is 28.2 Å². The van der Waals surface area contributed by atoms with Crippen molar-refractivity contribution in [3.63, 3.8) is 0 Å². The van der Waals surface area contributed by atoms with Gasteiger partial charge in [-0.05, 0) is 0 Å². The van der Waals surface area contributed by atoms with Crippen molar-refractivity contribution >= 4 is 0 Å². The van der Waals surface area contributed by atoms with Gasteiger partial charge in [0, 0.05) is 0 Å². The molecule has 0 fully saturated rings. The van der Waals surface area contributed by atoms with E-state index in [1.807, 2.05) is 20.8 Å². The van der Waals surface area contributed by atoms with Crippen LogP contribution in [0.2, 0.25) is 4.81 Å². The minimum atomic E-state index is -3.91. The van der Waals surface area contributed by atoms with E-state index in [0.717, 1.165) is 9.54 Å². The normalized spacial score (nSPS) is 20.8. The molecule has 0 aliphatic heterocycles. The Morgan fingerprint density at radius 1 is 1.06 bits per heavy atom. The number of rotatable bonds is 4. The second kappa shape index (κ2) is 4.56. The number of nitroso groups, excluding NO2 is 2. The first-order valence-corrected chi connectivity index (χ1v) is 11.8. The fourth-order valence-electron chi connectivity index (χ4n) is 2.55. The van der Waals surface area contributed by atoms with Gasteiger partial charge in [-0.1, -0.05) is 0 Å². The Morgan fingerprint density at radius 3 is 1.76 bits per heavy atom. The maximum atomic E-state index is 11.2. The molecule has 0 saturated carbocycles. The Hall–Kier alpha value is -0.632. The maximum absolute atomic E-state index is 11.2. The number of hydrogen-bond acceptors (Lipinski definition) is 4. The van der Waals surface area contributed by atoms with Gasteiger partial charge in [-0.15, -0.1) is 0 Å². The number of nitrogens with zero attached hydrogens (tertiary/aromatic N) is 2. The zero-order chi connectivity index (χ0) is 13.4. The van der Waals surface area contributed by atoms with E-state index in [0.29, 0.717) is 4.81 Å². The Labute approximate surface area is 106 Å². The molecule has 0 unspecified atom stereocenters. The van der Waals surface area contributed by atoms with Crippen molar-refractivity contribution < 1.29 is 16.6 Å². The van der Waals surface area contributed by atoms with Gasteiger partial charge in [0.05, 0.1) is 0 Å². The van der Waals surface area contributed by atoms with Crippen LogP contribution in [-0.2, 0) is 16.6 Å². The zero-order valence-corrected chi connectivity index (χ0v) is 14.3. The third-order valence-corrected chi connectivity index (χ3v) is 13.9.